The molecule has 9 heteroatoms. The zero-order valence-electron chi connectivity index (χ0n) is 13.1. The van der Waals surface area contributed by atoms with Crippen LogP contribution in [0.1, 0.15) is 0 Å². The third-order valence-corrected chi connectivity index (χ3v) is 3.43. The molecule has 0 saturated heterocycles. The molecule has 3 aromatic rings. The summed E-state index contributed by atoms with van der Waals surface area (Å²) >= 11 is 0. The molecule has 1 amide bonds. The molecule has 1 aromatic carbocycles. The van der Waals surface area contributed by atoms with Crippen LogP contribution in [0.25, 0.3) is 11.3 Å². The van der Waals surface area contributed by atoms with Gasteiger partial charge in [0.2, 0.25) is 5.91 Å². The molecule has 0 aliphatic heterocycles. The summed E-state index contributed by atoms with van der Waals surface area (Å²) in [6.07, 6.45) is 3.11. The molecule has 0 saturated carbocycles. The normalized spacial score (nSPS) is 10.6. The number of carbonyl (C=O) groups is 1. The second-order valence-corrected chi connectivity index (χ2v) is 5.23. The summed E-state index contributed by atoms with van der Waals surface area (Å²) in [6, 6.07) is 7.67. The summed E-state index contributed by atoms with van der Waals surface area (Å²) in [5.74, 6) is -5.42. The standard InChI is InChI=1S/C17H11F3N4O2/c18-11-3-4-13(17(20)16(11)19)22-14(25)9-24-15(26)6-5-12(23-24)10-2-1-7-21-8-10/h1-8H,9H2,(H,22,25). The van der Waals surface area contributed by atoms with Crippen molar-refractivity contribution >= 4 is 11.6 Å². The number of carbonyl (C=O) groups excluding carboxylic acids is 1. The van der Waals surface area contributed by atoms with E-state index in [9.17, 15) is 22.8 Å². The van der Waals surface area contributed by atoms with Crippen LogP contribution in [0.3, 0.4) is 0 Å². The van der Waals surface area contributed by atoms with E-state index in [0.717, 1.165) is 10.7 Å². The monoisotopic (exact) mass is 360 g/mol. The first kappa shape index (κ1) is 17.3. The van der Waals surface area contributed by atoms with Crippen LogP contribution in [-0.2, 0) is 11.3 Å². The summed E-state index contributed by atoms with van der Waals surface area (Å²) in [6.45, 7) is -0.536. The van der Waals surface area contributed by atoms with Crippen molar-refractivity contribution in [1.29, 1.82) is 0 Å². The minimum Gasteiger partial charge on any atom is -0.322 e. The molecule has 3 rings (SSSR count). The highest BCUT2D eigenvalue weighted by atomic mass is 19.2. The number of halogens is 3. The molecule has 0 atom stereocenters. The third kappa shape index (κ3) is 3.61. The summed E-state index contributed by atoms with van der Waals surface area (Å²) in [5.41, 5.74) is -0.0540. The van der Waals surface area contributed by atoms with E-state index in [1.807, 2.05) is 0 Å². The molecule has 0 bridgehead atoms. The van der Waals surface area contributed by atoms with Gasteiger partial charge in [-0.3, -0.25) is 14.6 Å². The second kappa shape index (κ2) is 7.18. The van der Waals surface area contributed by atoms with Crippen molar-refractivity contribution in [3.8, 4) is 11.3 Å². The molecular formula is C17H11F3N4O2. The van der Waals surface area contributed by atoms with Gasteiger partial charge < -0.3 is 5.32 Å². The number of hydrogen-bond acceptors (Lipinski definition) is 4. The fraction of sp³-hybridized carbons (Fsp3) is 0.0588. The Labute approximate surface area is 144 Å². The van der Waals surface area contributed by atoms with E-state index in [1.165, 1.54) is 18.3 Å². The molecule has 132 valence electrons. The van der Waals surface area contributed by atoms with Gasteiger partial charge in [-0.2, -0.15) is 5.10 Å². The molecule has 0 unspecified atom stereocenters. The molecule has 0 aliphatic carbocycles. The van der Waals surface area contributed by atoms with E-state index in [1.54, 1.807) is 18.3 Å². The zero-order valence-corrected chi connectivity index (χ0v) is 13.1. The van der Waals surface area contributed by atoms with Crippen molar-refractivity contribution < 1.29 is 18.0 Å². The van der Waals surface area contributed by atoms with Gasteiger partial charge in [-0.1, -0.05) is 0 Å². The number of anilines is 1. The van der Waals surface area contributed by atoms with Crippen molar-refractivity contribution in [3.05, 3.63) is 76.6 Å². The van der Waals surface area contributed by atoms with Crippen molar-refractivity contribution in [3.63, 3.8) is 0 Å². The lowest BCUT2D eigenvalue weighted by molar-refractivity contribution is -0.117. The number of nitrogens with zero attached hydrogens (tertiary/aromatic N) is 3. The molecule has 2 aromatic heterocycles. The van der Waals surface area contributed by atoms with E-state index in [0.29, 0.717) is 17.3 Å². The van der Waals surface area contributed by atoms with Gasteiger partial charge in [0, 0.05) is 24.0 Å². The molecule has 1 N–H and O–H groups in total. The van der Waals surface area contributed by atoms with E-state index in [4.69, 9.17) is 0 Å². The average Bonchev–Trinajstić information content (AvgIpc) is 2.65. The first-order valence-electron chi connectivity index (χ1n) is 7.37. The van der Waals surface area contributed by atoms with Crippen LogP contribution in [-0.4, -0.2) is 20.7 Å². The van der Waals surface area contributed by atoms with Crippen molar-refractivity contribution in [1.82, 2.24) is 14.8 Å². The number of amides is 1. The Kier molecular flexibility index (Phi) is 4.78. The average molecular weight is 360 g/mol. The summed E-state index contributed by atoms with van der Waals surface area (Å²) in [4.78, 5) is 27.8. The summed E-state index contributed by atoms with van der Waals surface area (Å²) < 4.78 is 40.6. The second-order valence-electron chi connectivity index (χ2n) is 5.23. The topological polar surface area (TPSA) is 76.9 Å². The Bertz CT molecular complexity index is 1020. The maximum atomic E-state index is 13.6. The number of rotatable bonds is 4. The van der Waals surface area contributed by atoms with Gasteiger partial charge in [0.25, 0.3) is 5.56 Å². The zero-order chi connectivity index (χ0) is 18.7. The van der Waals surface area contributed by atoms with Crippen LogP contribution in [0, 0.1) is 17.5 Å². The highest BCUT2D eigenvalue weighted by Gasteiger charge is 2.16. The maximum Gasteiger partial charge on any atom is 0.267 e. The van der Waals surface area contributed by atoms with Gasteiger partial charge in [0.05, 0.1) is 11.4 Å². The Hall–Kier alpha value is -3.49. The maximum absolute atomic E-state index is 13.6. The van der Waals surface area contributed by atoms with Gasteiger partial charge in [0.1, 0.15) is 6.54 Å². The largest absolute Gasteiger partial charge is 0.322 e. The molecule has 2 heterocycles. The number of aromatic nitrogens is 3. The number of pyridine rings is 1. The van der Waals surface area contributed by atoms with Crippen LogP contribution < -0.4 is 10.9 Å². The summed E-state index contributed by atoms with van der Waals surface area (Å²) in [7, 11) is 0. The predicted octanol–water partition coefficient (Wildman–Crippen LogP) is 2.36. The van der Waals surface area contributed by atoms with Crippen LogP contribution >= 0.6 is 0 Å². The van der Waals surface area contributed by atoms with E-state index in [-0.39, 0.29) is 0 Å². The van der Waals surface area contributed by atoms with Gasteiger partial charge in [0.15, 0.2) is 17.5 Å². The van der Waals surface area contributed by atoms with Crippen LogP contribution in [0.2, 0.25) is 0 Å². The van der Waals surface area contributed by atoms with Crippen LogP contribution in [0.5, 0.6) is 0 Å². The fourth-order valence-electron chi connectivity index (χ4n) is 2.18. The molecule has 0 fully saturated rings. The van der Waals surface area contributed by atoms with Gasteiger partial charge in [-0.25, -0.2) is 17.9 Å². The van der Waals surface area contributed by atoms with Crippen molar-refractivity contribution in [2.24, 2.45) is 0 Å². The number of nitrogens with one attached hydrogen (secondary N) is 1. The lowest BCUT2D eigenvalue weighted by Gasteiger charge is -2.09. The Morgan fingerprint density at radius 3 is 2.62 bits per heavy atom. The van der Waals surface area contributed by atoms with Gasteiger partial charge >= 0.3 is 0 Å². The fourth-order valence-corrected chi connectivity index (χ4v) is 2.18. The minimum absolute atomic E-state index is 0.407. The smallest absolute Gasteiger partial charge is 0.267 e. The van der Waals surface area contributed by atoms with Gasteiger partial charge in [-0.15, -0.1) is 0 Å². The van der Waals surface area contributed by atoms with Crippen molar-refractivity contribution in [2.45, 2.75) is 6.54 Å². The van der Waals surface area contributed by atoms with Crippen molar-refractivity contribution in [2.75, 3.05) is 5.32 Å². The van der Waals surface area contributed by atoms with Crippen LogP contribution in [0.4, 0.5) is 18.9 Å². The lowest BCUT2D eigenvalue weighted by Crippen LogP contribution is -2.29. The van der Waals surface area contributed by atoms with E-state index < -0.39 is 41.2 Å². The minimum atomic E-state index is -1.70. The molecule has 0 radical (unpaired) electrons. The molecular weight excluding hydrogens is 349 g/mol. The SMILES string of the molecule is O=C(Cn1nc(-c2cccnc2)ccc1=O)Nc1ccc(F)c(F)c1F. The Morgan fingerprint density at radius 2 is 1.88 bits per heavy atom. The predicted molar refractivity (Wildman–Crippen MR) is 86.7 cm³/mol. The highest BCUT2D eigenvalue weighted by Crippen LogP contribution is 2.19. The number of hydrogen-bond donors (Lipinski definition) is 1. The first-order valence-corrected chi connectivity index (χ1v) is 7.37. The van der Waals surface area contributed by atoms with Crippen LogP contribution in [0.15, 0.2) is 53.6 Å². The summed E-state index contributed by atoms with van der Waals surface area (Å²) in [5, 5.41) is 6.13. The number of benzene rings is 1. The molecule has 0 spiro atoms. The Balaban J connectivity index is 1.82. The molecule has 0 aliphatic rings. The lowest BCUT2D eigenvalue weighted by atomic mass is 10.2. The van der Waals surface area contributed by atoms with E-state index in [2.05, 4.69) is 15.4 Å². The quantitative estimate of drug-likeness (QED) is 0.725. The van der Waals surface area contributed by atoms with E-state index >= 15 is 0 Å². The highest BCUT2D eigenvalue weighted by molar-refractivity contribution is 5.90. The first-order chi connectivity index (χ1) is 12.5. The third-order valence-electron chi connectivity index (χ3n) is 3.43. The molecule has 6 nitrogen and oxygen atoms in total. The Morgan fingerprint density at radius 1 is 1.08 bits per heavy atom. The van der Waals surface area contributed by atoms with Gasteiger partial charge in [-0.05, 0) is 30.3 Å². The molecule has 26 heavy (non-hydrogen) atoms.